The van der Waals surface area contributed by atoms with Crippen LogP contribution in [0.1, 0.15) is 23.7 Å². The van der Waals surface area contributed by atoms with Crippen molar-refractivity contribution in [2.24, 2.45) is 0 Å². The van der Waals surface area contributed by atoms with E-state index >= 15 is 0 Å². The molecule has 3 nitrogen and oxygen atoms in total. The molecule has 0 aliphatic rings. The molecule has 0 radical (unpaired) electrons. The second-order valence-electron chi connectivity index (χ2n) is 4.17. The number of ether oxygens (including phenoxy) is 1. The van der Waals surface area contributed by atoms with Gasteiger partial charge >= 0.3 is 0 Å². The third-order valence-corrected chi connectivity index (χ3v) is 2.72. The number of nitrogens with zero attached hydrogens (tertiary/aromatic N) is 2. The van der Waals surface area contributed by atoms with Crippen LogP contribution in [0.3, 0.4) is 0 Å². The van der Waals surface area contributed by atoms with Crippen LogP contribution < -0.4 is 0 Å². The first-order valence-electron chi connectivity index (χ1n) is 6.34. The number of allylic oxidation sites excluding steroid dienone is 1. The molecule has 0 aliphatic carbocycles. The van der Waals surface area contributed by atoms with Crippen LogP contribution in [0, 0.1) is 17.1 Å². The molecule has 0 fully saturated rings. The molecule has 0 atom stereocenters. The Morgan fingerprint density at radius 2 is 2.19 bits per heavy atom. The number of nitriles is 1. The highest BCUT2D eigenvalue weighted by atomic mass is 19.1. The van der Waals surface area contributed by atoms with E-state index in [-0.39, 0.29) is 5.82 Å². The number of halogens is 1. The molecule has 21 heavy (non-hydrogen) atoms. The van der Waals surface area contributed by atoms with Crippen molar-refractivity contribution >= 4 is 11.8 Å². The van der Waals surface area contributed by atoms with Gasteiger partial charge in [0.15, 0.2) is 0 Å². The van der Waals surface area contributed by atoms with Gasteiger partial charge in [-0.25, -0.2) is 4.39 Å². The highest BCUT2D eigenvalue weighted by Gasteiger charge is 2.01. The standard InChI is InChI=1S/C17H13FN2O/c1-2-17(14-5-3-4-13(10-14)11-19)21-9-8-16-7-6-15(18)12-20-16/h2-10,12H,1H3/b9-8+,17-2-. The Balaban J connectivity index is 2.09. The Morgan fingerprint density at radius 3 is 2.86 bits per heavy atom. The van der Waals surface area contributed by atoms with Crippen LogP contribution in [0.15, 0.2) is 54.9 Å². The molecule has 2 rings (SSSR count). The van der Waals surface area contributed by atoms with E-state index in [2.05, 4.69) is 11.1 Å². The van der Waals surface area contributed by atoms with E-state index in [4.69, 9.17) is 10.00 Å². The topological polar surface area (TPSA) is 45.9 Å². The van der Waals surface area contributed by atoms with Gasteiger partial charge in [-0.3, -0.25) is 4.98 Å². The van der Waals surface area contributed by atoms with Crippen LogP contribution in [-0.2, 0) is 4.74 Å². The number of hydrogen-bond donors (Lipinski definition) is 0. The minimum absolute atomic E-state index is 0.379. The van der Waals surface area contributed by atoms with Crippen molar-refractivity contribution in [3.8, 4) is 6.07 Å². The molecule has 1 heterocycles. The number of aromatic nitrogens is 1. The number of hydrogen-bond acceptors (Lipinski definition) is 3. The Hall–Kier alpha value is -2.93. The van der Waals surface area contributed by atoms with Crippen molar-refractivity contribution in [2.45, 2.75) is 6.92 Å². The lowest BCUT2D eigenvalue weighted by atomic mass is 10.1. The maximum atomic E-state index is 12.7. The van der Waals surface area contributed by atoms with Crippen molar-refractivity contribution in [3.63, 3.8) is 0 Å². The fraction of sp³-hybridized carbons (Fsp3) is 0.0588. The average Bonchev–Trinajstić information content (AvgIpc) is 2.53. The SMILES string of the molecule is C/C=C(\O/C=C/c1ccc(F)cn1)c1cccc(C#N)c1. The van der Waals surface area contributed by atoms with Crippen LogP contribution in [0.2, 0.25) is 0 Å². The molecule has 0 N–H and O–H groups in total. The summed E-state index contributed by atoms with van der Waals surface area (Å²) in [5.74, 6) is 0.251. The molecule has 0 amide bonds. The highest BCUT2D eigenvalue weighted by molar-refractivity contribution is 5.62. The third kappa shape index (κ3) is 4.02. The van der Waals surface area contributed by atoms with Gasteiger partial charge in [-0.05, 0) is 43.3 Å². The zero-order valence-corrected chi connectivity index (χ0v) is 11.5. The van der Waals surface area contributed by atoms with Crippen LogP contribution in [-0.4, -0.2) is 4.98 Å². The summed E-state index contributed by atoms with van der Waals surface area (Å²) in [6.45, 7) is 1.85. The van der Waals surface area contributed by atoms with Gasteiger partial charge in [0.2, 0.25) is 0 Å². The number of benzene rings is 1. The second kappa shape index (κ2) is 7.01. The lowest BCUT2D eigenvalue weighted by molar-refractivity contribution is 0.439. The highest BCUT2D eigenvalue weighted by Crippen LogP contribution is 2.17. The largest absolute Gasteiger partial charge is 0.465 e. The van der Waals surface area contributed by atoms with E-state index in [9.17, 15) is 4.39 Å². The summed E-state index contributed by atoms with van der Waals surface area (Å²) in [7, 11) is 0. The van der Waals surface area contributed by atoms with Gasteiger partial charge in [0.1, 0.15) is 11.6 Å². The molecule has 2 aromatic rings. The van der Waals surface area contributed by atoms with Crippen LogP contribution >= 0.6 is 0 Å². The third-order valence-electron chi connectivity index (χ3n) is 2.72. The van der Waals surface area contributed by atoms with Crippen LogP contribution in [0.4, 0.5) is 4.39 Å². The Kier molecular flexibility index (Phi) is 4.84. The summed E-state index contributed by atoms with van der Waals surface area (Å²) in [6, 6.07) is 12.1. The minimum atomic E-state index is -0.379. The van der Waals surface area contributed by atoms with Crippen LogP contribution in [0.5, 0.6) is 0 Å². The van der Waals surface area contributed by atoms with Gasteiger partial charge in [0, 0.05) is 5.56 Å². The Morgan fingerprint density at radius 1 is 1.33 bits per heavy atom. The Labute approximate surface area is 122 Å². The lowest BCUT2D eigenvalue weighted by Crippen LogP contribution is -1.88. The zero-order chi connectivity index (χ0) is 15.1. The van der Waals surface area contributed by atoms with E-state index < -0.39 is 0 Å². The summed E-state index contributed by atoms with van der Waals surface area (Å²) in [6.07, 6.45) is 6.07. The summed E-state index contributed by atoms with van der Waals surface area (Å²) in [5, 5.41) is 8.90. The van der Waals surface area contributed by atoms with Crippen molar-refractivity contribution in [3.05, 3.63) is 77.6 Å². The van der Waals surface area contributed by atoms with E-state index in [0.29, 0.717) is 17.0 Å². The maximum absolute atomic E-state index is 12.7. The van der Waals surface area contributed by atoms with Gasteiger partial charge in [0.05, 0.1) is 29.8 Å². The molecular weight excluding hydrogens is 267 g/mol. The molecule has 1 aromatic heterocycles. The summed E-state index contributed by atoms with van der Waals surface area (Å²) in [4.78, 5) is 3.90. The predicted molar refractivity (Wildman–Crippen MR) is 79.1 cm³/mol. The fourth-order valence-electron chi connectivity index (χ4n) is 1.71. The molecule has 0 saturated carbocycles. The van der Waals surface area contributed by atoms with Gasteiger partial charge < -0.3 is 4.74 Å². The van der Waals surface area contributed by atoms with Crippen LogP contribution in [0.25, 0.3) is 11.8 Å². The number of rotatable bonds is 4. The molecule has 0 bridgehead atoms. The quantitative estimate of drug-likeness (QED) is 0.791. The van der Waals surface area contributed by atoms with E-state index in [1.54, 1.807) is 36.4 Å². The van der Waals surface area contributed by atoms with Crippen molar-refractivity contribution in [1.29, 1.82) is 5.26 Å². The van der Waals surface area contributed by atoms with E-state index in [1.807, 2.05) is 13.0 Å². The first kappa shape index (κ1) is 14.5. The maximum Gasteiger partial charge on any atom is 0.141 e. The van der Waals surface area contributed by atoms with Gasteiger partial charge in [-0.1, -0.05) is 12.1 Å². The average molecular weight is 280 g/mol. The number of pyridine rings is 1. The van der Waals surface area contributed by atoms with Gasteiger partial charge in [-0.2, -0.15) is 5.26 Å². The van der Waals surface area contributed by atoms with Crippen molar-refractivity contribution < 1.29 is 9.13 Å². The van der Waals surface area contributed by atoms with Gasteiger partial charge in [0.25, 0.3) is 0 Å². The predicted octanol–water partition coefficient (Wildman–Crippen LogP) is 4.14. The van der Waals surface area contributed by atoms with Gasteiger partial charge in [-0.15, -0.1) is 0 Å². The summed E-state index contributed by atoms with van der Waals surface area (Å²) < 4.78 is 18.3. The zero-order valence-electron chi connectivity index (χ0n) is 11.5. The summed E-state index contributed by atoms with van der Waals surface area (Å²) >= 11 is 0. The molecular formula is C17H13FN2O. The molecule has 0 unspecified atom stereocenters. The second-order valence-corrected chi connectivity index (χ2v) is 4.17. The lowest BCUT2D eigenvalue weighted by Gasteiger charge is -2.06. The molecule has 4 heteroatoms. The summed E-state index contributed by atoms with van der Waals surface area (Å²) in [5.41, 5.74) is 1.98. The Bertz CT molecular complexity index is 712. The fourth-order valence-corrected chi connectivity index (χ4v) is 1.71. The van der Waals surface area contributed by atoms with E-state index in [0.717, 1.165) is 11.8 Å². The van der Waals surface area contributed by atoms with Crippen molar-refractivity contribution in [2.75, 3.05) is 0 Å². The smallest absolute Gasteiger partial charge is 0.141 e. The minimum Gasteiger partial charge on any atom is -0.465 e. The molecule has 0 aliphatic heterocycles. The van der Waals surface area contributed by atoms with E-state index in [1.165, 1.54) is 12.3 Å². The molecule has 1 aromatic carbocycles. The monoisotopic (exact) mass is 280 g/mol. The first-order chi connectivity index (χ1) is 10.2. The molecule has 0 spiro atoms. The first-order valence-corrected chi connectivity index (χ1v) is 6.34. The normalized spacial score (nSPS) is 11.4. The molecule has 104 valence electrons. The molecule has 0 saturated heterocycles. The van der Waals surface area contributed by atoms with Crippen molar-refractivity contribution in [1.82, 2.24) is 4.98 Å².